The van der Waals surface area contributed by atoms with Crippen molar-refractivity contribution < 1.29 is 4.74 Å². The molecule has 1 aliphatic rings. The van der Waals surface area contributed by atoms with E-state index in [1.54, 1.807) is 7.11 Å². The highest BCUT2D eigenvalue weighted by Gasteiger charge is 2.26. The van der Waals surface area contributed by atoms with Crippen LogP contribution < -0.4 is 10.1 Å². The Balaban J connectivity index is 1.81. The largest absolute Gasteiger partial charge is 0.497 e. The van der Waals surface area contributed by atoms with E-state index in [2.05, 4.69) is 49.3 Å². The zero-order valence-corrected chi connectivity index (χ0v) is 13.3. The Morgan fingerprint density at radius 1 is 1.35 bits per heavy atom. The first kappa shape index (κ1) is 15.3. The molecular formula is C17H28N2O. The third-order valence-electron chi connectivity index (χ3n) is 3.73. The molecule has 1 aromatic carbocycles. The third kappa shape index (κ3) is 5.14. The van der Waals surface area contributed by atoms with Gasteiger partial charge < -0.3 is 15.0 Å². The summed E-state index contributed by atoms with van der Waals surface area (Å²) in [7, 11) is 3.91. The van der Waals surface area contributed by atoms with E-state index >= 15 is 0 Å². The Hall–Kier alpha value is -1.06. The number of ether oxygens (including phenoxy) is 1. The molecule has 1 N–H and O–H groups in total. The molecule has 0 atom stereocenters. The first-order valence-corrected chi connectivity index (χ1v) is 7.53. The summed E-state index contributed by atoms with van der Waals surface area (Å²) < 4.78 is 5.28. The lowest BCUT2D eigenvalue weighted by Crippen LogP contribution is -2.39. The Morgan fingerprint density at radius 2 is 2.10 bits per heavy atom. The van der Waals surface area contributed by atoms with Crippen LogP contribution >= 0.6 is 0 Å². The lowest BCUT2D eigenvalue weighted by molar-refractivity contribution is 0.198. The van der Waals surface area contributed by atoms with Crippen molar-refractivity contribution >= 4 is 0 Å². The predicted octanol–water partition coefficient (Wildman–Crippen LogP) is 2.91. The second-order valence-electron chi connectivity index (χ2n) is 6.84. The molecule has 3 nitrogen and oxygen atoms in total. The molecule has 0 aliphatic heterocycles. The highest BCUT2D eigenvalue weighted by molar-refractivity contribution is 5.28. The number of rotatable bonds is 8. The molecule has 20 heavy (non-hydrogen) atoms. The average molecular weight is 276 g/mol. The second-order valence-corrected chi connectivity index (χ2v) is 6.84. The maximum Gasteiger partial charge on any atom is 0.119 e. The molecule has 0 saturated heterocycles. The molecular weight excluding hydrogens is 248 g/mol. The maximum atomic E-state index is 5.28. The molecule has 0 heterocycles. The van der Waals surface area contributed by atoms with E-state index in [1.807, 2.05) is 6.07 Å². The Labute approximate surface area is 123 Å². The molecule has 0 radical (unpaired) electrons. The van der Waals surface area contributed by atoms with Crippen LogP contribution in [0.1, 0.15) is 32.3 Å². The summed E-state index contributed by atoms with van der Waals surface area (Å²) in [5.74, 6) is 0.936. The van der Waals surface area contributed by atoms with Gasteiger partial charge in [0.25, 0.3) is 0 Å². The molecule has 112 valence electrons. The fourth-order valence-corrected chi connectivity index (χ4v) is 2.63. The van der Waals surface area contributed by atoms with Crippen LogP contribution in [0.15, 0.2) is 24.3 Å². The van der Waals surface area contributed by atoms with Gasteiger partial charge in [0, 0.05) is 25.7 Å². The molecule has 0 unspecified atom stereocenters. The number of methoxy groups -OCH3 is 1. The van der Waals surface area contributed by atoms with Gasteiger partial charge >= 0.3 is 0 Å². The molecule has 0 bridgehead atoms. The number of nitrogens with one attached hydrogen (secondary N) is 1. The zero-order valence-electron chi connectivity index (χ0n) is 13.3. The minimum absolute atomic E-state index is 0.302. The number of nitrogens with zero attached hydrogens (tertiary/aromatic N) is 1. The fourth-order valence-electron chi connectivity index (χ4n) is 2.63. The molecule has 3 heteroatoms. The van der Waals surface area contributed by atoms with Crippen LogP contribution in [0.2, 0.25) is 0 Å². The van der Waals surface area contributed by atoms with Gasteiger partial charge in [0.05, 0.1) is 7.11 Å². The van der Waals surface area contributed by atoms with Gasteiger partial charge in [0.15, 0.2) is 0 Å². The normalized spacial score (nSPS) is 15.7. The molecule has 0 aromatic heterocycles. The van der Waals surface area contributed by atoms with Crippen LogP contribution in [0.3, 0.4) is 0 Å². The minimum atomic E-state index is 0.302. The minimum Gasteiger partial charge on any atom is -0.497 e. The van der Waals surface area contributed by atoms with Gasteiger partial charge in [-0.2, -0.15) is 0 Å². The standard InChI is InChI=1S/C17H28N2O/c1-17(2,12-18-15-8-9-15)13-19(3)11-14-6-5-7-16(10-14)20-4/h5-7,10,15,18H,8-9,11-13H2,1-4H3. The van der Waals surface area contributed by atoms with E-state index in [-0.39, 0.29) is 0 Å². The third-order valence-corrected chi connectivity index (χ3v) is 3.73. The highest BCUT2D eigenvalue weighted by atomic mass is 16.5. The van der Waals surface area contributed by atoms with Gasteiger partial charge in [0.2, 0.25) is 0 Å². The quantitative estimate of drug-likeness (QED) is 0.790. The van der Waals surface area contributed by atoms with E-state index in [9.17, 15) is 0 Å². The van der Waals surface area contributed by atoms with E-state index in [4.69, 9.17) is 4.74 Å². The summed E-state index contributed by atoms with van der Waals surface area (Å²) in [6.45, 7) is 7.82. The Bertz CT molecular complexity index is 427. The highest BCUT2D eigenvalue weighted by Crippen LogP contribution is 2.23. The van der Waals surface area contributed by atoms with Gasteiger partial charge in [-0.3, -0.25) is 0 Å². The van der Waals surface area contributed by atoms with Crippen molar-refractivity contribution in [2.45, 2.75) is 39.3 Å². The van der Waals surface area contributed by atoms with Crippen molar-refractivity contribution in [1.82, 2.24) is 10.2 Å². The Morgan fingerprint density at radius 3 is 2.75 bits per heavy atom. The molecule has 0 amide bonds. The summed E-state index contributed by atoms with van der Waals surface area (Å²) in [4.78, 5) is 2.39. The zero-order chi connectivity index (χ0) is 14.6. The SMILES string of the molecule is COc1cccc(CN(C)CC(C)(C)CNC2CC2)c1. The van der Waals surface area contributed by atoms with Crippen molar-refractivity contribution in [3.8, 4) is 5.75 Å². The molecule has 1 aromatic rings. The summed E-state index contributed by atoms with van der Waals surface area (Å²) >= 11 is 0. The lowest BCUT2D eigenvalue weighted by Gasteiger charge is -2.30. The van der Waals surface area contributed by atoms with Gasteiger partial charge in [-0.25, -0.2) is 0 Å². The molecule has 1 aliphatic carbocycles. The van der Waals surface area contributed by atoms with E-state index in [0.29, 0.717) is 5.41 Å². The van der Waals surface area contributed by atoms with Crippen LogP contribution in [-0.2, 0) is 6.54 Å². The van der Waals surface area contributed by atoms with Crippen LogP contribution in [0.5, 0.6) is 5.75 Å². The van der Waals surface area contributed by atoms with Crippen LogP contribution in [-0.4, -0.2) is 38.2 Å². The summed E-state index contributed by atoms with van der Waals surface area (Å²) in [5.41, 5.74) is 1.61. The monoisotopic (exact) mass is 276 g/mol. The van der Waals surface area contributed by atoms with Crippen molar-refractivity contribution in [3.05, 3.63) is 29.8 Å². The van der Waals surface area contributed by atoms with E-state index < -0.39 is 0 Å². The van der Waals surface area contributed by atoms with Crippen molar-refractivity contribution in [2.24, 2.45) is 5.41 Å². The Kier molecular flexibility index (Phi) is 5.06. The van der Waals surface area contributed by atoms with Crippen LogP contribution in [0, 0.1) is 5.41 Å². The first-order chi connectivity index (χ1) is 9.48. The van der Waals surface area contributed by atoms with Crippen molar-refractivity contribution in [1.29, 1.82) is 0 Å². The topological polar surface area (TPSA) is 24.5 Å². The van der Waals surface area contributed by atoms with Gasteiger partial charge in [-0.05, 0) is 43.0 Å². The molecule has 2 rings (SSSR count). The van der Waals surface area contributed by atoms with Crippen LogP contribution in [0.25, 0.3) is 0 Å². The van der Waals surface area contributed by atoms with Gasteiger partial charge in [0.1, 0.15) is 5.75 Å². The molecule has 1 fully saturated rings. The molecule has 0 spiro atoms. The number of hydrogen-bond donors (Lipinski definition) is 1. The van der Waals surface area contributed by atoms with E-state index in [1.165, 1.54) is 18.4 Å². The number of hydrogen-bond acceptors (Lipinski definition) is 3. The maximum absolute atomic E-state index is 5.28. The van der Waals surface area contributed by atoms with Gasteiger partial charge in [-0.15, -0.1) is 0 Å². The first-order valence-electron chi connectivity index (χ1n) is 7.53. The fraction of sp³-hybridized carbons (Fsp3) is 0.647. The average Bonchev–Trinajstić information content (AvgIpc) is 3.20. The predicted molar refractivity (Wildman–Crippen MR) is 84.1 cm³/mol. The summed E-state index contributed by atoms with van der Waals surface area (Å²) in [6, 6.07) is 9.12. The van der Waals surface area contributed by atoms with Crippen molar-refractivity contribution in [3.63, 3.8) is 0 Å². The smallest absolute Gasteiger partial charge is 0.119 e. The number of benzene rings is 1. The van der Waals surface area contributed by atoms with E-state index in [0.717, 1.165) is 31.4 Å². The summed E-state index contributed by atoms with van der Waals surface area (Å²) in [6.07, 6.45) is 2.71. The van der Waals surface area contributed by atoms with Crippen molar-refractivity contribution in [2.75, 3.05) is 27.2 Å². The summed E-state index contributed by atoms with van der Waals surface area (Å²) in [5, 5.41) is 3.64. The molecule has 1 saturated carbocycles. The van der Waals surface area contributed by atoms with Gasteiger partial charge in [-0.1, -0.05) is 26.0 Å². The second kappa shape index (κ2) is 6.59. The van der Waals surface area contributed by atoms with Crippen LogP contribution in [0.4, 0.5) is 0 Å². The lowest BCUT2D eigenvalue weighted by atomic mass is 9.92.